The van der Waals surface area contributed by atoms with Crippen molar-refractivity contribution in [3.05, 3.63) is 0 Å². The molecule has 0 saturated heterocycles. The second-order valence-corrected chi connectivity index (χ2v) is 5.00. The van der Waals surface area contributed by atoms with Gasteiger partial charge in [-0.15, -0.1) is 0 Å². The zero-order valence-corrected chi connectivity index (χ0v) is 9.79. The van der Waals surface area contributed by atoms with Gasteiger partial charge in [0, 0.05) is 22.3 Å². The molecule has 2 nitrogen and oxygen atoms in total. The highest BCUT2D eigenvalue weighted by atomic mass is 32.2. The first-order valence-corrected chi connectivity index (χ1v) is 6.85. The Bertz CT molecular complexity index is 128. The van der Waals surface area contributed by atoms with Crippen molar-refractivity contribution in [1.82, 2.24) is 5.32 Å². The highest BCUT2D eigenvalue weighted by molar-refractivity contribution is 7.84. The molecule has 1 atom stereocenters. The van der Waals surface area contributed by atoms with Crippen LogP contribution in [-0.2, 0) is 10.8 Å². The van der Waals surface area contributed by atoms with Gasteiger partial charge in [-0.1, -0.05) is 20.3 Å². The number of unbranched alkanes of at least 4 members (excludes halogenated alkanes) is 1. The van der Waals surface area contributed by atoms with Gasteiger partial charge in [0.05, 0.1) is 0 Å². The second kappa shape index (κ2) is 10.2. The molecule has 0 spiro atoms. The summed E-state index contributed by atoms with van der Waals surface area (Å²) in [6.07, 6.45) is 4.49. The van der Waals surface area contributed by atoms with E-state index in [1.807, 2.05) is 0 Å². The summed E-state index contributed by atoms with van der Waals surface area (Å²) < 4.78 is 11.3. The van der Waals surface area contributed by atoms with Gasteiger partial charge in [-0.25, -0.2) is 0 Å². The molecule has 3 heteroatoms. The molecule has 0 fully saturated rings. The zero-order chi connectivity index (χ0) is 9.94. The molecule has 0 aromatic rings. The van der Waals surface area contributed by atoms with Crippen LogP contribution in [0.2, 0.25) is 0 Å². The van der Waals surface area contributed by atoms with E-state index in [2.05, 4.69) is 19.2 Å². The van der Waals surface area contributed by atoms with Crippen molar-refractivity contribution in [3.8, 4) is 0 Å². The maximum absolute atomic E-state index is 11.3. The van der Waals surface area contributed by atoms with Crippen molar-refractivity contribution in [1.29, 1.82) is 0 Å². The van der Waals surface area contributed by atoms with Gasteiger partial charge < -0.3 is 5.32 Å². The fourth-order valence-electron chi connectivity index (χ4n) is 1.07. The van der Waals surface area contributed by atoms with Crippen LogP contribution >= 0.6 is 0 Å². The minimum atomic E-state index is -0.565. The van der Waals surface area contributed by atoms with Crippen LogP contribution in [0.5, 0.6) is 0 Å². The lowest BCUT2D eigenvalue weighted by molar-refractivity contribution is 0.651. The highest BCUT2D eigenvalue weighted by Gasteiger charge is 1.97. The summed E-state index contributed by atoms with van der Waals surface area (Å²) in [5.74, 6) is 1.76. The summed E-state index contributed by atoms with van der Waals surface area (Å²) in [5, 5.41) is 3.31. The van der Waals surface area contributed by atoms with Crippen molar-refractivity contribution in [2.45, 2.75) is 39.5 Å². The summed E-state index contributed by atoms with van der Waals surface area (Å²) in [5.41, 5.74) is 0. The van der Waals surface area contributed by atoms with Gasteiger partial charge in [0.1, 0.15) is 0 Å². The average molecular weight is 205 g/mol. The number of nitrogens with one attached hydrogen (secondary N) is 1. The van der Waals surface area contributed by atoms with Crippen LogP contribution in [-0.4, -0.2) is 28.8 Å². The van der Waals surface area contributed by atoms with Crippen molar-refractivity contribution in [2.75, 3.05) is 24.6 Å². The van der Waals surface area contributed by atoms with Crippen molar-refractivity contribution in [3.63, 3.8) is 0 Å². The maximum Gasteiger partial charge on any atom is 0.0246 e. The van der Waals surface area contributed by atoms with Gasteiger partial charge in [-0.05, 0) is 32.4 Å². The Hall–Kier alpha value is 0.110. The normalized spacial score (nSPS) is 13.1. The minimum absolute atomic E-state index is 0.565. The monoisotopic (exact) mass is 205 g/mol. The van der Waals surface area contributed by atoms with Crippen LogP contribution < -0.4 is 5.32 Å². The first kappa shape index (κ1) is 13.1. The first-order valence-electron chi connectivity index (χ1n) is 5.37. The van der Waals surface area contributed by atoms with Gasteiger partial charge in [-0.2, -0.15) is 0 Å². The van der Waals surface area contributed by atoms with Crippen LogP contribution in [0.1, 0.15) is 39.5 Å². The van der Waals surface area contributed by atoms with E-state index < -0.39 is 10.8 Å². The van der Waals surface area contributed by atoms with Gasteiger partial charge in [-0.3, -0.25) is 4.21 Å². The van der Waals surface area contributed by atoms with Gasteiger partial charge in [0.2, 0.25) is 0 Å². The lowest BCUT2D eigenvalue weighted by atomic mass is 10.4. The summed E-state index contributed by atoms with van der Waals surface area (Å²) in [4.78, 5) is 0. The Morgan fingerprint density at radius 1 is 1.00 bits per heavy atom. The zero-order valence-electron chi connectivity index (χ0n) is 8.97. The van der Waals surface area contributed by atoms with Crippen LogP contribution in [0.4, 0.5) is 0 Å². The largest absolute Gasteiger partial charge is 0.317 e. The third-order valence-electron chi connectivity index (χ3n) is 1.88. The molecule has 0 radical (unpaired) electrons. The van der Waals surface area contributed by atoms with Gasteiger partial charge >= 0.3 is 0 Å². The molecule has 0 aromatic heterocycles. The number of hydrogen-bond donors (Lipinski definition) is 1. The predicted octanol–water partition coefficient (Wildman–Crippen LogP) is 1.92. The van der Waals surface area contributed by atoms with E-state index >= 15 is 0 Å². The number of hydrogen-bond acceptors (Lipinski definition) is 2. The van der Waals surface area contributed by atoms with Crippen LogP contribution in [0.15, 0.2) is 0 Å². The number of rotatable bonds is 9. The lowest BCUT2D eigenvalue weighted by Gasteiger charge is -2.02. The van der Waals surface area contributed by atoms with Crippen molar-refractivity contribution < 1.29 is 4.21 Å². The summed E-state index contributed by atoms with van der Waals surface area (Å²) >= 11 is 0. The molecule has 0 aliphatic rings. The SMILES string of the molecule is CCCCS(=O)CCCNCCC. The molecule has 0 aliphatic heterocycles. The third-order valence-corrected chi connectivity index (χ3v) is 3.37. The molecule has 0 bridgehead atoms. The van der Waals surface area contributed by atoms with E-state index in [0.29, 0.717) is 0 Å². The molecule has 80 valence electrons. The summed E-state index contributed by atoms with van der Waals surface area (Å²) in [6.45, 7) is 6.40. The predicted molar refractivity (Wildman–Crippen MR) is 60.6 cm³/mol. The Balaban J connectivity index is 3.08. The first-order chi connectivity index (χ1) is 6.31. The molecular weight excluding hydrogens is 182 g/mol. The fourth-order valence-corrected chi connectivity index (χ4v) is 2.35. The molecule has 13 heavy (non-hydrogen) atoms. The second-order valence-electron chi connectivity index (χ2n) is 3.31. The Morgan fingerprint density at radius 2 is 1.69 bits per heavy atom. The molecule has 0 heterocycles. The van der Waals surface area contributed by atoms with E-state index in [4.69, 9.17) is 0 Å². The molecule has 1 unspecified atom stereocenters. The Kier molecular flexibility index (Phi) is 10.3. The molecule has 0 saturated carbocycles. The fraction of sp³-hybridized carbons (Fsp3) is 1.00. The van der Waals surface area contributed by atoms with E-state index in [9.17, 15) is 4.21 Å². The smallest absolute Gasteiger partial charge is 0.0246 e. The molecule has 0 aromatic carbocycles. The minimum Gasteiger partial charge on any atom is -0.317 e. The quantitative estimate of drug-likeness (QED) is 0.583. The summed E-state index contributed by atoms with van der Waals surface area (Å²) in [7, 11) is -0.565. The molecule has 0 amide bonds. The van der Waals surface area contributed by atoms with Crippen molar-refractivity contribution in [2.24, 2.45) is 0 Å². The van der Waals surface area contributed by atoms with Gasteiger partial charge in [0.25, 0.3) is 0 Å². The molecular formula is C10H23NOS. The van der Waals surface area contributed by atoms with E-state index in [-0.39, 0.29) is 0 Å². The lowest BCUT2D eigenvalue weighted by Crippen LogP contribution is -2.18. The van der Waals surface area contributed by atoms with E-state index in [1.54, 1.807) is 0 Å². The van der Waals surface area contributed by atoms with E-state index in [0.717, 1.165) is 43.9 Å². The van der Waals surface area contributed by atoms with Gasteiger partial charge in [0.15, 0.2) is 0 Å². The molecule has 1 N–H and O–H groups in total. The summed E-state index contributed by atoms with van der Waals surface area (Å²) in [6, 6.07) is 0. The van der Waals surface area contributed by atoms with Crippen LogP contribution in [0, 0.1) is 0 Å². The molecule has 0 rings (SSSR count). The van der Waals surface area contributed by atoms with Crippen molar-refractivity contribution >= 4 is 10.8 Å². The Morgan fingerprint density at radius 3 is 2.31 bits per heavy atom. The molecule has 0 aliphatic carbocycles. The van der Waals surface area contributed by atoms with Crippen LogP contribution in [0.25, 0.3) is 0 Å². The Labute approximate surface area is 84.9 Å². The van der Waals surface area contributed by atoms with Crippen LogP contribution in [0.3, 0.4) is 0 Å². The van der Waals surface area contributed by atoms with E-state index in [1.165, 1.54) is 6.42 Å². The maximum atomic E-state index is 11.3. The highest BCUT2D eigenvalue weighted by Crippen LogP contribution is 1.93. The topological polar surface area (TPSA) is 29.1 Å². The third kappa shape index (κ3) is 10.0. The average Bonchev–Trinajstić information content (AvgIpc) is 2.14. The standard InChI is InChI=1S/C10H23NOS/c1-3-5-9-13(12)10-6-8-11-7-4-2/h11H,3-10H2,1-2H3.